The zero-order chi connectivity index (χ0) is 14.3. The maximum absolute atomic E-state index is 6.27. The van der Waals surface area contributed by atoms with E-state index in [1.807, 2.05) is 30.3 Å². The van der Waals surface area contributed by atoms with Gasteiger partial charge in [-0.15, -0.1) is 10.2 Å². The van der Waals surface area contributed by atoms with Gasteiger partial charge in [0.2, 0.25) is 4.96 Å². The first-order chi connectivity index (χ1) is 9.47. The number of benzene rings is 1. The molecule has 6 heteroatoms. The van der Waals surface area contributed by atoms with Gasteiger partial charge >= 0.3 is 0 Å². The number of nitrogens with zero attached hydrogens (tertiary/aromatic N) is 4. The zero-order valence-corrected chi connectivity index (χ0v) is 12.6. The highest BCUT2D eigenvalue weighted by Crippen LogP contribution is 2.33. The van der Waals surface area contributed by atoms with Crippen LogP contribution in [-0.2, 0) is 0 Å². The molecule has 2 heterocycles. The monoisotopic (exact) mass is 287 g/mol. The minimum absolute atomic E-state index is 0.0315. The van der Waals surface area contributed by atoms with E-state index in [9.17, 15) is 0 Å². The molecular formula is C14H17N5S. The van der Waals surface area contributed by atoms with Gasteiger partial charge in [-0.3, -0.25) is 0 Å². The lowest BCUT2D eigenvalue weighted by molar-refractivity contribution is 0.324. The second-order valence-corrected chi connectivity index (χ2v) is 6.86. The normalized spacial score (nSPS) is 13.8. The minimum Gasteiger partial charge on any atom is -0.321 e. The Bertz CT molecular complexity index is 723. The van der Waals surface area contributed by atoms with E-state index in [0.29, 0.717) is 0 Å². The number of hydrogen-bond acceptors (Lipinski definition) is 5. The van der Waals surface area contributed by atoms with E-state index < -0.39 is 0 Å². The van der Waals surface area contributed by atoms with E-state index in [-0.39, 0.29) is 11.5 Å². The van der Waals surface area contributed by atoms with Gasteiger partial charge in [0.25, 0.3) is 0 Å². The molecule has 0 saturated heterocycles. The summed E-state index contributed by atoms with van der Waals surface area (Å²) in [5, 5.41) is 13.9. The van der Waals surface area contributed by atoms with Crippen molar-refractivity contribution >= 4 is 16.3 Å². The number of aromatic nitrogens is 4. The van der Waals surface area contributed by atoms with Crippen LogP contribution in [0.4, 0.5) is 0 Å². The summed E-state index contributed by atoms with van der Waals surface area (Å²) in [5.74, 6) is 0.754. The lowest BCUT2D eigenvalue weighted by Gasteiger charge is -2.24. The molecule has 2 aromatic heterocycles. The van der Waals surface area contributed by atoms with Crippen LogP contribution < -0.4 is 5.73 Å². The third-order valence-corrected chi connectivity index (χ3v) is 4.22. The van der Waals surface area contributed by atoms with Crippen molar-refractivity contribution in [1.29, 1.82) is 0 Å². The Hall–Kier alpha value is -1.79. The highest BCUT2D eigenvalue weighted by atomic mass is 32.1. The second kappa shape index (κ2) is 4.64. The molecule has 0 bridgehead atoms. The van der Waals surface area contributed by atoms with Crippen molar-refractivity contribution in [3.8, 4) is 11.4 Å². The number of hydrogen-bond donors (Lipinski definition) is 1. The summed E-state index contributed by atoms with van der Waals surface area (Å²) < 4.78 is 1.78. The molecule has 0 aliphatic heterocycles. The predicted molar refractivity (Wildman–Crippen MR) is 80.5 cm³/mol. The molecule has 1 aromatic carbocycles. The van der Waals surface area contributed by atoms with Gasteiger partial charge in [-0.25, -0.2) is 0 Å². The molecule has 1 atom stereocenters. The minimum atomic E-state index is -0.113. The SMILES string of the molecule is CC(C)(C)C(N)c1nn2c(-c3ccccc3)nnc2s1. The smallest absolute Gasteiger partial charge is 0.235 e. The van der Waals surface area contributed by atoms with E-state index >= 15 is 0 Å². The molecule has 2 N–H and O–H groups in total. The van der Waals surface area contributed by atoms with Crippen molar-refractivity contribution in [3.05, 3.63) is 35.3 Å². The lowest BCUT2D eigenvalue weighted by atomic mass is 9.88. The van der Waals surface area contributed by atoms with Crippen molar-refractivity contribution < 1.29 is 0 Å². The van der Waals surface area contributed by atoms with Crippen LogP contribution >= 0.6 is 11.3 Å². The van der Waals surface area contributed by atoms with Gasteiger partial charge in [-0.2, -0.15) is 9.61 Å². The first kappa shape index (κ1) is 13.2. The van der Waals surface area contributed by atoms with E-state index in [2.05, 4.69) is 36.1 Å². The molecule has 3 rings (SSSR count). The first-order valence-electron chi connectivity index (χ1n) is 6.50. The summed E-state index contributed by atoms with van der Waals surface area (Å²) in [7, 11) is 0. The Morgan fingerprint density at radius 2 is 1.85 bits per heavy atom. The molecule has 3 aromatic rings. The standard InChI is InChI=1S/C14H17N5S/c1-14(2,3)10(15)12-18-19-11(16-17-13(19)20-12)9-7-5-4-6-8-9/h4-8,10H,15H2,1-3H3. The van der Waals surface area contributed by atoms with Crippen LogP contribution in [0.2, 0.25) is 0 Å². The summed E-state index contributed by atoms with van der Waals surface area (Å²) >= 11 is 1.50. The highest BCUT2D eigenvalue weighted by molar-refractivity contribution is 7.16. The third kappa shape index (κ3) is 2.21. The molecule has 0 aliphatic carbocycles. The molecule has 0 spiro atoms. The Kier molecular flexibility index (Phi) is 3.07. The van der Waals surface area contributed by atoms with Crippen LogP contribution in [0.15, 0.2) is 30.3 Å². The van der Waals surface area contributed by atoms with Gasteiger partial charge < -0.3 is 5.73 Å². The van der Waals surface area contributed by atoms with E-state index in [1.54, 1.807) is 4.52 Å². The second-order valence-electron chi connectivity index (χ2n) is 5.87. The van der Waals surface area contributed by atoms with Crippen molar-refractivity contribution in [2.24, 2.45) is 11.1 Å². The molecular weight excluding hydrogens is 270 g/mol. The molecule has 0 amide bonds. The summed E-state index contributed by atoms with van der Waals surface area (Å²) in [6.07, 6.45) is 0. The Balaban J connectivity index is 2.08. The maximum atomic E-state index is 6.27. The Morgan fingerprint density at radius 3 is 2.50 bits per heavy atom. The van der Waals surface area contributed by atoms with Crippen molar-refractivity contribution in [2.45, 2.75) is 26.8 Å². The highest BCUT2D eigenvalue weighted by Gasteiger charge is 2.26. The fraction of sp³-hybridized carbons (Fsp3) is 0.357. The van der Waals surface area contributed by atoms with Crippen molar-refractivity contribution in [1.82, 2.24) is 19.8 Å². The van der Waals surface area contributed by atoms with Crippen LogP contribution in [0.5, 0.6) is 0 Å². The lowest BCUT2D eigenvalue weighted by Crippen LogP contribution is -2.26. The van der Waals surface area contributed by atoms with Crippen LogP contribution in [0.25, 0.3) is 16.3 Å². The molecule has 0 saturated carbocycles. The molecule has 104 valence electrons. The van der Waals surface area contributed by atoms with Crippen molar-refractivity contribution in [2.75, 3.05) is 0 Å². The summed E-state index contributed by atoms with van der Waals surface area (Å²) in [4.78, 5) is 0.776. The number of rotatable bonds is 2. The molecule has 0 fully saturated rings. The quantitative estimate of drug-likeness (QED) is 0.787. The van der Waals surface area contributed by atoms with Gasteiger partial charge in [-0.05, 0) is 5.41 Å². The van der Waals surface area contributed by atoms with Crippen LogP contribution in [-0.4, -0.2) is 19.8 Å². The van der Waals surface area contributed by atoms with Crippen LogP contribution in [0, 0.1) is 5.41 Å². The molecule has 20 heavy (non-hydrogen) atoms. The van der Waals surface area contributed by atoms with Gasteiger partial charge in [-0.1, -0.05) is 62.4 Å². The fourth-order valence-corrected chi connectivity index (χ4v) is 2.98. The Morgan fingerprint density at radius 1 is 1.15 bits per heavy atom. The number of nitrogens with two attached hydrogens (primary N) is 1. The first-order valence-corrected chi connectivity index (χ1v) is 7.31. The van der Waals surface area contributed by atoms with Crippen LogP contribution in [0.1, 0.15) is 31.8 Å². The number of fused-ring (bicyclic) bond motifs is 1. The van der Waals surface area contributed by atoms with Gasteiger partial charge in [0.05, 0.1) is 6.04 Å². The van der Waals surface area contributed by atoms with Gasteiger partial charge in [0.1, 0.15) is 5.01 Å². The Labute approximate surface area is 121 Å². The van der Waals surface area contributed by atoms with E-state index in [1.165, 1.54) is 11.3 Å². The molecule has 0 radical (unpaired) electrons. The van der Waals surface area contributed by atoms with Crippen LogP contribution in [0.3, 0.4) is 0 Å². The fourth-order valence-electron chi connectivity index (χ4n) is 1.90. The topological polar surface area (TPSA) is 69.1 Å². The average Bonchev–Trinajstić information content (AvgIpc) is 2.97. The predicted octanol–water partition coefficient (Wildman–Crippen LogP) is 2.90. The van der Waals surface area contributed by atoms with E-state index in [4.69, 9.17) is 5.73 Å². The molecule has 5 nitrogen and oxygen atoms in total. The summed E-state index contributed by atoms with van der Waals surface area (Å²) in [6, 6.07) is 9.81. The van der Waals surface area contributed by atoms with Gasteiger partial charge in [0.15, 0.2) is 5.82 Å². The summed E-state index contributed by atoms with van der Waals surface area (Å²) in [5.41, 5.74) is 7.24. The summed E-state index contributed by atoms with van der Waals surface area (Å²) in [6.45, 7) is 6.33. The van der Waals surface area contributed by atoms with Gasteiger partial charge in [0, 0.05) is 5.56 Å². The average molecular weight is 287 g/mol. The zero-order valence-electron chi connectivity index (χ0n) is 11.7. The third-order valence-electron chi connectivity index (χ3n) is 3.24. The maximum Gasteiger partial charge on any atom is 0.235 e. The van der Waals surface area contributed by atoms with Crippen molar-refractivity contribution in [3.63, 3.8) is 0 Å². The largest absolute Gasteiger partial charge is 0.321 e. The molecule has 1 unspecified atom stereocenters. The molecule has 0 aliphatic rings. The van der Waals surface area contributed by atoms with E-state index in [0.717, 1.165) is 21.4 Å².